The fraction of sp³-hybridized carbons (Fsp3) is 0.500. The molecule has 0 aliphatic rings. The van der Waals surface area contributed by atoms with Crippen LogP contribution in [-0.4, -0.2) is 12.6 Å². The van der Waals surface area contributed by atoms with Crippen LogP contribution in [0, 0.1) is 5.41 Å². The van der Waals surface area contributed by atoms with Gasteiger partial charge in [0.1, 0.15) is 4.49 Å². The molecule has 0 amide bonds. The molecule has 0 aliphatic heterocycles. The van der Waals surface area contributed by atoms with Gasteiger partial charge in [-0.1, -0.05) is 40.9 Å². The van der Waals surface area contributed by atoms with Crippen LogP contribution in [-0.2, 0) is 9.53 Å². The van der Waals surface area contributed by atoms with Gasteiger partial charge < -0.3 is 4.74 Å². The average molecular weight is 272 g/mol. The molecule has 0 aromatic heterocycles. The zero-order valence-electron chi connectivity index (χ0n) is 8.81. The molecule has 0 aromatic carbocycles. The van der Waals surface area contributed by atoms with Gasteiger partial charge in [-0.15, -0.1) is 0 Å². The Hall–Kier alpha value is -0.180. The van der Waals surface area contributed by atoms with E-state index in [2.05, 4.69) is 0 Å². The van der Waals surface area contributed by atoms with E-state index in [-0.39, 0.29) is 15.5 Å². The SMILES string of the molecule is CCOC(=O)C(C)(C)/C=C\C(Cl)=C(Cl)Cl. The first-order valence-electron chi connectivity index (χ1n) is 4.38. The zero-order valence-corrected chi connectivity index (χ0v) is 11.1. The molecule has 0 radical (unpaired) electrons. The summed E-state index contributed by atoms with van der Waals surface area (Å²) >= 11 is 16.6. The van der Waals surface area contributed by atoms with E-state index in [0.29, 0.717) is 6.61 Å². The Bertz CT molecular complexity index is 289. The van der Waals surface area contributed by atoms with Gasteiger partial charge in [-0.25, -0.2) is 0 Å². The summed E-state index contributed by atoms with van der Waals surface area (Å²) in [4.78, 5) is 11.4. The van der Waals surface area contributed by atoms with Crippen molar-refractivity contribution in [2.75, 3.05) is 6.61 Å². The number of halogens is 3. The Morgan fingerprint density at radius 2 is 1.87 bits per heavy atom. The van der Waals surface area contributed by atoms with E-state index in [1.807, 2.05) is 0 Å². The second kappa shape index (κ2) is 6.41. The van der Waals surface area contributed by atoms with Gasteiger partial charge >= 0.3 is 5.97 Å². The van der Waals surface area contributed by atoms with Crippen molar-refractivity contribution in [3.8, 4) is 0 Å². The Morgan fingerprint density at radius 3 is 2.27 bits per heavy atom. The van der Waals surface area contributed by atoms with Crippen LogP contribution in [0.1, 0.15) is 20.8 Å². The van der Waals surface area contributed by atoms with Crippen molar-refractivity contribution < 1.29 is 9.53 Å². The summed E-state index contributed by atoms with van der Waals surface area (Å²) in [6.07, 6.45) is 3.08. The molecule has 0 fully saturated rings. The molecule has 0 unspecified atom stereocenters. The molecular formula is C10H13Cl3O2. The number of ether oxygens (including phenoxy) is 1. The average Bonchev–Trinajstić information content (AvgIpc) is 2.14. The lowest BCUT2D eigenvalue weighted by molar-refractivity contribution is -0.150. The van der Waals surface area contributed by atoms with Gasteiger partial charge in [0.25, 0.3) is 0 Å². The van der Waals surface area contributed by atoms with Crippen molar-refractivity contribution in [2.45, 2.75) is 20.8 Å². The summed E-state index contributed by atoms with van der Waals surface area (Å²) in [5, 5.41) is 0.190. The van der Waals surface area contributed by atoms with Crippen LogP contribution < -0.4 is 0 Å². The van der Waals surface area contributed by atoms with Gasteiger partial charge in [0.05, 0.1) is 17.1 Å². The maximum Gasteiger partial charge on any atom is 0.315 e. The highest BCUT2D eigenvalue weighted by Crippen LogP contribution is 2.24. The summed E-state index contributed by atoms with van der Waals surface area (Å²) in [6.45, 7) is 5.53. The maximum absolute atomic E-state index is 11.4. The predicted octanol–water partition coefficient (Wildman–Crippen LogP) is 4.02. The highest BCUT2D eigenvalue weighted by atomic mass is 35.5. The molecule has 15 heavy (non-hydrogen) atoms. The molecule has 0 rings (SSSR count). The Morgan fingerprint density at radius 1 is 1.33 bits per heavy atom. The summed E-state index contributed by atoms with van der Waals surface area (Å²) in [7, 11) is 0. The van der Waals surface area contributed by atoms with Crippen LogP contribution in [0.5, 0.6) is 0 Å². The Balaban J connectivity index is 4.64. The Kier molecular flexibility index (Phi) is 6.34. The third-order valence-corrected chi connectivity index (χ3v) is 2.54. The lowest BCUT2D eigenvalue weighted by Crippen LogP contribution is -2.24. The monoisotopic (exact) mass is 270 g/mol. The topological polar surface area (TPSA) is 26.3 Å². The summed E-state index contributed by atoms with van der Waals surface area (Å²) in [5.41, 5.74) is -0.751. The van der Waals surface area contributed by atoms with Gasteiger partial charge in [0, 0.05) is 0 Å². The molecule has 2 nitrogen and oxygen atoms in total. The smallest absolute Gasteiger partial charge is 0.315 e. The molecule has 0 saturated heterocycles. The lowest BCUT2D eigenvalue weighted by Gasteiger charge is -2.17. The second-order valence-corrected chi connectivity index (χ2v) is 4.74. The number of hydrogen-bond acceptors (Lipinski definition) is 2. The van der Waals surface area contributed by atoms with E-state index < -0.39 is 5.41 Å². The molecule has 0 saturated carbocycles. The molecule has 5 heteroatoms. The van der Waals surface area contributed by atoms with Crippen LogP contribution in [0.2, 0.25) is 0 Å². The van der Waals surface area contributed by atoms with Crippen LogP contribution in [0.3, 0.4) is 0 Å². The summed E-state index contributed by atoms with van der Waals surface area (Å²) < 4.78 is 4.85. The largest absolute Gasteiger partial charge is 0.465 e. The first kappa shape index (κ1) is 14.8. The Labute approximate surface area is 105 Å². The van der Waals surface area contributed by atoms with Gasteiger partial charge in [-0.2, -0.15) is 0 Å². The quantitative estimate of drug-likeness (QED) is 0.570. The molecule has 0 spiro atoms. The van der Waals surface area contributed by atoms with E-state index in [1.165, 1.54) is 6.08 Å². The second-order valence-electron chi connectivity index (χ2n) is 3.38. The van der Waals surface area contributed by atoms with Crippen LogP contribution in [0.15, 0.2) is 21.7 Å². The third-order valence-electron chi connectivity index (χ3n) is 1.63. The van der Waals surface area contributed by atoms with Crippen molar-refractivity contribution in [3.63, 3.8) is 0 Å². The van der Waals surface area contributed by atoms with Gasteiger partial charge in [-0.3, -0.25) is 4.79 Å². The minimum Gasteiger partial charge on any atom is -0.465 e. The van der Waals surface area contributed by atoms with Crippen LogP contribution >= 0.6 is 34.8 Å². The highest BCUT2D eigenvalue weighted by molar-refractivity contribution is 6.59. The minimum absolute atomic E-state index is 0.0347. The van der Waals surface area contributed by atoms with E-state index in [4.69, 9.17) is 39.5 Å². The summed E-state index contributed by atoms with van der Waals surface area (Å²) in [6, 6.07) is 0. The number of rotatable bonds is 4. The first-order chi connectivity index (χ1) is 6.81. The van der Waals surface area contributed by atoms with E-state index in [9.17, 15) is 4.79 Å². The van der Waals surface area contributed by atoms with E-state index in [1.54, 1.807) is 26.8 Å². The van der Waals surface area contributed by atoms with Crippen molar-refractivity contribution in [3.05, 3.63) is 21.7 Å². The van der Waals surface area contributed by atoms with Crippen molar-refractivity contribution in [1.82, 2.24) is 0 Å². The maximum atomic E-state index is 11.4. The molecule has 0 heterocycles. The van der Waals surface area contributed by atoms with Crippen LogP contribution in [0.25, 0.3) is 0 Å². The normalized spacial score (nSPS) is 11.6. The molecule has 0 aromatic rings. The highest BCUT2D eigenvalue weighted by Gasteiger charge is 2.25. The molecule has 0 bridgehead atoms. The molecular weight excluding hydrogens is 258 g/mol. The molecule has 0 aliphatic carbocycles. The molecule has 0 atom stereocenters. The number of esters is 1. The van der Waals surface area contributed by atoms with Gasteiger partial charge in [-0.05, 0) is 26.8 Å². The minimum atomic E-state index is -0.751. The molecule has 86 valence electrons. The first-order valence-corrected chi connectivity index (χ1v) is 5.52. The van der Waals surface area contributed by atoms with Crippen LogP contribution in [0.4, 0.5) is 0 Å². The fourth-order valence-electron chi connectivity index (χ4n) is 0.730. The third kappa shape index (κ3) is 5.45. The number of allylic oxidation sites excluding steroid dienone is 2. The van der Waals surface area contributed by atoms with Crippen molar-refractivity contribution >= 4 is 40.8 Å². The van der Waals surface area contributed by atoms with Gasteiger partial charge in [0.2, 0.25) is 0 Å². The van der Waals surface area contributed by atoms with Crippen molar-refractivity contribution in [2.24, 2.45) is 5.41 Å². The zero-order chi connectivity index (χ0) is 12.1. The molecule has 0 N–H and O–H groups in total. The predicted molar refractivity (Wildman–Crippen MR) is 64.1 cm³/mol. The number of carbonyl (C=O) groups is 1. The number of hydrogen-bond donors (Lipinski definition) is 0. The summed E-state index contributed by atoms with van der Waals surface area (Å²) in [5.74, 6) is -0.323. The lowest BCUT2D eigenvalue weighted by atomic mass is 9.93. The van der Waals surface area contributed by atoms with E-state index >= 15 is 0 Å². The fourth-order valence-corrected chi connectivity index (χ4v) is 0.919. The van der Waals surface area contributed by atoms with E-state index in [0.717, 1.165) is 0 Å². The number of carbonyl (C=O) groups excluding carboxylic acids is 1. The standard InChI is InChI=1S/C10H13Cl3O2/c1-4-15-9(14)10(2,3)6-5-7(11)8(12)13/h5-6H,4H2,1-3H3/b6-5-. The van der Waals surface area contributed by atoms with Gasteiger partial charge in [0.15, 0.2) is 0 Å². The van der Waals surface area contributed by atoms with Crippen molar-refractivity contribution in [1.29, 1.82) is 0 Å².